The van der Waals surface area contributed by atoms with Gasteiger partial charge in [-0.3, -0.25) is 0 Å². The zero-order valence-corrected chi connectivity index (χ0v) is 13.8. The van der Waals surface area contributed by atoms with E-state index in [1.165, 1.54) is 18.4 Å². The van der Waals surface area contributed by atoms with Gasteiger partial charge in [0.25, 0.3) is 5.19 Å². The van der Waals surface area contributed by atoms with Crippen molar-refractivity contribution in [2.45, 2.75) is 31.7 Å². The predicted octanol–water partition coefficient (Wildman–Crippen LogP) is 4.76. The third-order valence-corrected chi connectivity index (χ3v) is 5.31. The first-order chi connectivity index (χ1) is 11.3. The van der Waals surface area contributed by atoms with Crippen molar-refractivity contribution in [3.8, 4) is 10.9 Å². The fourth-order valence-corrected chi connectivity index (χ4v) is 3.65. The highest BCUT2D eigenvalue weighted by Crippen LogP contribution is 2.34. The van der Waals surface area contributed by atoms with Crippen LogP contribution in [-0.2, 0) is 6.42 Å². The normalized spacial score (nSPS) is 15.7. The van der Waals surface area contributed by atoms with Crippen molar-refractivity contribution in [3.63, 3.8) is 0 Å². The molecule has 3 nitrogen and oxygen atoms in total. The Labute approximate surface area is 140 Å². The number of rotatable bonds is 6. The zero-order valence-electron chi connectivity index (χ0n) is 12.9. The van der Waals surface area contributed by atoms with E-state index in [4.69, 9.17) is 10.5 Å². The number of nitrogens with zero attached hydrogens (tertiary/aromatic N) is 1. The summed E-state index contributed by atoms with van der Waals surface area (Å²) in [6, 6.07) is 16.7. The zero-order chi connectivity index (χ0) is 15.6. The summed E-state index contributed by atoms with van der Waals surface area (Å²) >= 11 is 1.57. The monoisotopic (exact) mass is 324 g/mol. The summed E-state index contributed by atoms with van der Waals surface area (Å²) in [7, 11) is 0. The van der Waals surface area contributed by atoms with Gasteiger partial charge in [-0.05, 0) is 61.4 Å². The van der Waals surface area contributed by atoms with Crippen LogP contribution in [0.5, 0.6) is 10.9 Å². The van der Waals surface area contributed by atoms with Crippen molar-refractivity contribution in [3.05, 3.63) is 54.1 Å². The van der Waals surface area contributed by atoms with Crippen LogP contribution in [0.15, 0.2) is 48.5 Å². The maximum Gasteiger partial charge on any atom is 0.279 e. The van der Waals surface area contributed by atoms with Crippen LogP contribution in [0.4, 0.5) is 0 Å². The second kappa shape index (κ2) is 6.30. The van der Waals surface area contributed by atoms with E-state index in [9.17, 15) is 0 Å². The van der Waals surface area contributed by atoms with Gasteiger partial charge in [0.2, 0.25) is 0 Å². The van der Waals surface area contributed by atoms with E-state index in [0.29, 0.717) is 11.2 Å². The summed E-state index contributed by atoms with van der Waals surface area (Å²) in [6.07, 6.45) is 4.74. The number of ether oxygens (including phenoxy) is 1. The topological polar surface area (TPSA) is 48.1 Å². The third kappa shape index (κ3) is 3.54. The first kappa shape index (κ1) is 14.7. The summed E-state index contributed by atoms with van der Waals surface area (Å²) in [6.45, 7) is 0. The van der Waals surface area contributed by atoms with Gasteiger partial charge in [-0.25, -0.2) is 4.98 Å². The smallest absolute Gasteiger partial charge is 0.279 e. The molecule has 1 aromatic heterocycles. The summed E-state index contributed by atoms with van der Waals surface area (Å²) in [4.78, 5) is 4.50. The van der Waals surface area contributed by atoms with E-state index >= 15 is 0 Å². The van der Waals surface area contributed by atoms with E-state index < -0.39 is 0 Å². The molecule has 1 atom stereocenters. The fourth-order valence-electron chi connectivity index (χ4n) is 2.81. The number of fused-ring (bicyclic) bond motifs is 1. The molecule has 3 aromatic rings. The Morgan fingerprint density at radius 3 is 2.65 bits per heavy atom. The van der Waals surface area contributed by atoms with Crippen LogP contribution in [0.3, 0.4) is 0 Å². The quantitative estimate of drug-likeness (QED) is 0.711. The average Bonchev–Trinajstić information content (AvgIpc) is 3.34. The molecular weight excluding hydrogens is 304 g/mol. The van der Waals surface area contributed by atoms with Gasteiger partial charge in [0.05, 0.1) is 10.2 Å². The highest BCUT2D eigenvalue weighted by Gasteiger charge is 2.27. The van der Waals surface area contributed by atoms with Crippen LogP contribution in [0.2, 0.25) is 0 Å². The molecule has 4 heteroatoms. The standard InChI is InChI=1S/C19H20N2OS/c20-16(14-8-9-14)12-7-13-5-10-15(11-6-13)22-19-21-17-3-1-2-4-18(17)23-19/h1-6,10-11,14,16H,7-9,12,20H2. The average molecular weight is 324 g/mol. The van der Waals surface area contributed by atoms with Crippen molar-refractivity contribution in [2.24, 2.45) is 11.7 Å². The SMILES string of the molecule is NC(CCc1ccc(Oc2nc3ccccc3s2)cc1)C1CC1. The molecule has 2 aromatic carbocycles. The molecule has 23 heavy (non-hydrogen) atoms. The van der Waals surface area contributed by atoms with Crippen molar-refractivity contribution < 1.29 is 4.74 Å². The first-order valence-electron chi connectivity index (χ1n) is 8.16. The Morgan fingerprint density at radius 1 is 1.13 bits per heavy atom. The van der Waals surface area contributed by atoms with Crippen LogP contribution >= 0.6 is 11.3 Å². The minimum absolute atomic E-state index is 0.369. The minimum atomic E-state index is 0.369. The van der Waals surface area contributed by atoms with Crippen molar-refractivity contribution in [2.75, 3.05) is 0 Å². The Balaban J connectivity index is 1.39. The Hall–Kier alpha value is -1.91. The van der Waals surface area contributed by atoms with Crippen LogP contribution in [0.1, 0.15) is 24.8 Å². The molecule has 1 heterocycles. The van der Waals surface area contributed by atoms with Gasteiger partial charge in [0.15, 0.2) is 0 Å². The van der Waals surface area contributed by atoms with Gasteiger partial charge in [-0.15, -0.1) is 0 Å². The molecule has 1 aliphatic rings. The van der Waals surface area contributed by atoms with E-state index in [-0.39, 0.29) is 0 Å². The summed E-state index contributed by atoms with van der Waals surface area (Å²) in [5.74, 6) is 1.61. The molecule has 118 valence electrons. The first-order valence-corrected chi connectivity index (χ1v) is 8.97. The number of para-hydroxylation sites is 1. The predicted molar refractivity (Wildman–Crippen MR) is 95.2 cm³/mol. The van der Waals surface area contributed by atoms with E-state index in [2.05, 4.69) is 23.2 Å². The molecule has 0 spiro atoms. The third-order valence-electron chi connectivity index (χ3n) is 4.40. The fraction of sp³-hybridized carbons (Fsp3) is 0.316. The minimum Gasteiger partial charge on any atom is -0.431 e. The highest BCUT2D eigenvalue weighted by molar-refractivity contribution is 7.20. The molecule has 1 fully saturated rings. The van der Waals surface area contributed by atoms with E-state index in [1.807, 2.05) is 30.3 Å². The molecular formula is C19H20N2OS. The second-order valence-corrected chi connectivity index (χ2v) is 7.23. The van der Waals surface area contributed by atoms with E-state index in [1.54, 1.807) is 11.3 Å². The number of hydrogen-bond donors (Lipinski definition) is 1. The summed E-state index contributed by atoms with van der Waals surface area (Å²) in [5, 5.41) is 0.690. The number of nitrogens with two attached hydrogens (primary N) is 1. The highest BCUT2D eigenvalue weighted by atomic mass is 32.1. The molecule has 4 rings (SSSR count). The molecule has 0 bridgehead atoms. The lowest BCUT2D eigenvalue weighted by molar-refractivity contribution is 0.479. The maximum atomic E-state index is 6.16. The lowest BCUT2D eigenvalue weighted by Crippen LogP contribution is -2.22. The Morgan fingerprint density at radius 2 is 1.91 bits per heavy atom. The maximum absolute atomic E-state index is 6.16. The number of aromatic nitrogens is 1. The molecule has 1 unspecified atom stereocenters. The summed E-state index contributed by atoms with van der Waals surface area (Å²) in [5.41, 5.74) is 8.47. The molecule has 0 saturated heterocycles. The van der Waals surface area contributed by atoms with Crippen molar-refractivity contribution in [1.29, 1.82) is 0 Å². The molecule has 0 amide bonds. The molecule has 2 N–H and O–H groups in total. The Bertz CT molecular complexity index is 759. The van der Waals surface area contributed by atoms with Gasteiger partial charge in [0.1, 0.15) is 5.75 Å². The molecule has 1 aliphatic carbocycles. The van der Waals surface area contributed by atoms with Crippen LogP contribution in [-0.4, -0.2) is 11.0 Å². The molecule has 0 aliphatic heterocycles. The van der Waals surface area contributed by atoms with Gasteiger partial charge in [-0.1, -0.05) is 35.6 Å². The van der Waals surface area contributed by atoms with E-state index in [0.717, 1.165) is 34.7 Å². The lowest BCUT2D eigenvalue weighted by atomic mass is 10.0. The van der Waals surface area contributed by atoms with Crippen LogP contribution in [0, 0.1) is 5.92 Å². The second-order valence-electron chi connectivity index (χ2n) is 6.23. The summed E-state index contributed by atoms with van der Waals surface area (Å²) < 4.78 is 7.02. The molecule has 1 saturated carbocycles. The Kier molecular flexibility index (Phi) is 4.02. The van der Waals surface area contributed by atoms with Gasteiger partial charge >= 0.3 is 0 Å². The van der Waals surface area contributed by atoms with Gasteiger partial charge in [-0.2, -0.15) is 0 Å². The molecule has 0 radical (unpaired) electrons. The number of aryl methyl sites for hydroxylation is 1. The number of hydrogen-bond acceptors (Lipinski definition) is 4. The van der Waals surface area contributed by atoms with Crippen molar-refractivity contribution >= 4 is 21.6 Å². The van der Waals surface area contributed by atoms with Crippen molar-refractivity contribution in [1.82, 2.24) is 4.98 Å². The van der Waals surface area contributed by atoms with Gasteiger partial charge < -0.3 is 10.5 Å². The largest absolute Gasteiger partial charge is 0.431 e. The number of thiazole rings is 1. The van der Waals surface area contributed by atoms with Gasteiger partial charge in [0, 0.05) is 6.04 Å². The van der Waals surface area contributed by atoms with Crippen LogP contribution in [0.25, 0.3) is 10.2 Å². The lowest BCUT2D eigenvalue weighted by Gasteiger charge is -2.10. The van der Waals surface area contributed by atoms with Crippen LogP contribution < -0.4 is 10.5 Å². The number of benzene rings is 2.